The number of methoxy groups -OCH3 is 1. The molecular weight excluding hydrogens is 512 g/mol. The summed E-state index contributed by atoms with van der Waals surface area (Å²) in [7, 11) is -2.58. The van der Waals surface area contributed by atoms with Crippen LogP contribution < -0.4 is 19.5 Å². The second-order valence-corrected chi connectivity index (χ2v) is 9.94. The highest BCUT2D eigenvalue weighted by Crippen LogP contribution is 2.26. The molecule has 1 aromatic heterocycles. The van der Waals surface area contributed by atoms with Gasteiger partial charge in [-0.3, -0.25) is 9.52 Å². The van der Waals surface area contributed by atoms with E-state index in [0.29, 0.717) is 29.5 Å². The maximum atomic E-state index is 12.9. The van der Waals surface area contributed by atoms with Crippen molar-refractivity contribution in [3.05, 3.63) is 64.9 Å². The number of amides is 1. The minimum atomic E-state index is -3.94. The molecule has 3 aromatic rings. The molecule has 0 saturated heterocycles. The minimum Gasteiger partial charge on any atom is -0.492 e. The average molecular weight is 535 g/mol. The van der Waals surface area contributed by atoms with Gasteiger partial charge in [0.25, 0.3) is 21.8 Å². The Balaban J connectivity index is 1.76. The highest BCUT2D eigenvalue weighted by Gasteiger charge is 2.19. The number of sulfonamides is 1. The number of benzene rings is 2. The third-order valence-corrected chi connectivity index (χ3v) is 6.12. The van der Waals surface area contributed by atoms with Crippen molar-refractivity contribution in [3.63, 3.8) is 0 Å². The van der Waals surface area contributed by atoms with E-state index in [-0.39, 0.29) is 22.5 Å². The largest absolute Gasteiger partial charge is 0.492 e. The van der Waals surface area contributed by atoms with Crippen LogP contribution in [0.25, 0.3) is 0 Å². The number of carbonyl (C=O) groups excluding carboxylic acids is 1. The number of hydrogen-bond acceptors (Lipinski definition) is 7. The summed E-state index contributed by atoms with van der Waals surface area (Å²) in [5, 5.41) is 2.76. The fraction of sp³-hybridized carbons (Fsp3) is 0.227. The molecule has 1 heterocycles. The van der Waals surface area contributed by atoms with Crippen LogP contribution in [0.2, 0.25) is 0 Å². The Morgan fingerprint density at radius 1 is 1.09 bits per heavy atom. The summed E-state index contributed by atoms with van der Waals surface area (Å²) in [6.45, 7) is 4.51. The first-order valence-electron chi connectivity index (χ1n) is 9.91. The Morgan fingerprint density at radius 2 is 1.79 bits per heavy atom. The monoisotopic (exact) mass is 534 g/mol. The number of ether oxygens (including phenoxy) is 2. The zero-order chi connectivity index (χ0) is 24.0. The maximum absolute atomic E-state index is 12.9. The van der Waals surface area contributed by atoms with E-state index in [4.69, 9.17) is 9.47 Å². The summed E-state index contributed by atoms with van der Waals surface area (Å²) in [4.78, 5) is 20.7. The summed E-state index contributed by atoms with van der Waals surface area (Å²) in [6.07, 6.45) is 2.73. The van der Waals surface area contributed by atoms with Gasteiger partial charge in [0.05, 0.1) is 24.2 Å². The van der Waals surface area contributed by atoms with Crippen LogP contribution in [0.1, 0.15) is 24.2 Å². The van der Waals surface area contributed by atoms with E-state index >= 15 is 0 Å². The molecule has 0 aliphatic rings. The van der Waals surface area contributed by atoms with Gasteiger partial charge in [-0.1, -0.05) is 29.8 Å². The van der Waals surface area contributed by atoms with Crippen LogP contribution in [-0.2, 0) is 10.0 Å². The van der Waals surface area contributed by atoms with Crippen molar-refractivity contribution in [1.29, 1.82) is 0 Å². The molecule has 33 heavy (non-hydrogen) atoms. The van der Waals surface area contributed by atoms with E-state index in [9.17, 15) is 13.2 Å². The molecule has 2 aromatic carbocycles. The van der Waals surface area contributed by atoms with Crippen LogP contribution in [0.5, 0.6) is 11.6 Å². The van der Waals surface area contributed by atoms with Gasteiger partial charge in [-0.25, -0.2) is 18.4 Å². The third kappa shape index (κ3) is 6.42. The van der Waals surface area contributed by atoms with Gasteiger partial charge in [-0.05, 0) is 48.4 Å². The third-order valence-electron chi connectivity index (χ3n) is 4.27. The van der Waals surface area contributed by atoms with Gasteiger partial charge in [-0.2, -0.15) is 0 Å². The highest BCUT2D eigenvalue weighted by atomic mass is 79.9. The van der Waals surface area contributed by atoms with Crippen molar-refractivity contribution in [3.8, 4) is 11.6 Å². The quantitative estimate of drug-likeness (QED) is 0.419. The van der Waals surface area contributed by atoms with E-state index in [1.807, 2.05) is 13.8 Å². The van der Waals surface area contributed by atoms with Crippen molar-refractivity contribution >= 4 is 43.4 Å². The molecule has 9 nitrogen and oxygen atoms in total. The smallest absolute Gasteiger partial charge is 0.263 e. The number of nitrogens with zero attached hydrogens (tertiary/aromatic N) is 2. The van der Waals surface area contributed by atoms with Crippen molar-refractivity contribution in [2.75, 3.05) is 23.8 Å². The van der Waals surface area contributed by atoms with E-state index in [2.05, 4.69) is 35.9 Å². The number of rotatable bonds is 9. The predicted octanol–water partition coefficient (Wildman–Crippen LogP) is 4.34. The molecule has 3 rings (SSSR count). The predicted molar refractivity (Wildman–Crippen MR) is 128 cm³/mol. The van der Waals surface area contributed by atoms with Gasteiger partial charge in [0.2, 0.25) is 5.82 Å². The Labute approximate surface area is 200 Å². The Bertz CT molecular complexity index is 1230. The topological polar surface area (TPSA) is 120 Å². The summed E-state index contributed by atoms with van der Waals surface area (Å²) in [5.74, 6) is 0.406. The molecule has 0 atom stereocenters. The van der Waals surface area contributed by atoms with Crippen LogP contribution in [0, 0.1) is 5.92 Å². The molecule has 1 amide bonds. The lowest BCUT2D eigenvalue weighted by Gasteiger charge is -2.14. The fourth-order valence-electron chi connectivity index (χ4n) is 2.71. The standard InChI is InChI=1S/C22H23BrN4O5S/c1-14(2)13-32-19-9-4-15(23)12-18(19)21(28)26-16-5-7-17(8-6-16)33(29,30)27-20-22(31-3)25-11-10-24-20/h4-12,14H,13H2,1-3H3,(H,24,27)(H,26,28). The zero-order valence-corrected chi connectivity index (χ0v) is 20.6. The van der Waals surface area contributed by atoms with Crippen LogP contribution in [0.4, 0.5) is 11.5 Å². The van der Waals surface area contributed by atoms with E-state index in [0.717, 1.165) is 4.47 Å². The van der Waals surface area contributed by atoms with E-state index < -0.39 is 10.0 Å². The van der Waals surface area contributed by atoms with Crippen molar-refractivity contribution in [2.45, 2.75) is 18.7 Å². The Morgan fingerprint density at radius 3 is 2.45 bits per heavy atom. The summed E-state index contributed by atoms with van der Waals surface area (Å²) in [6, 6.07) is 10.9. The van der Waals surface area contributed by atoms with Crippen molar-refractivity contribution in [2.24, 2.45) is 5.92 Å². The number of hydrogen-bond donors (Lipinski definition) is 2. The van der Waals surface area contributed by atoms with Crippen LogP contribution in [0.15, 0.2) is 64.2 Å². The second-order valence-electron chi connectivity index (χ2n) is 7.34. The van der Waals surface area contributed by atoms with Gasteiger partial charge in [0.15, 0.2) is 0 Å². The van der Waals surface area contributed by atoms with Gasteiger partial charge in [-0.15, -0.1) is 0 Å². The lowest BCUT2D eigenvalue weighted by atomic mass is 10.1. The Kier molecular flexibility index (Phi) is 7.88. The first kappa shape index (κ1) is 24.5. The number of nitrogens with one attached hydrogen (secondary N) is 2. The SMILES string of the molecule is COc1nccnc1NS(=O)(=O)c1ccc(NC(=O)c2cc(Br)ccc2OCC(C)C)cc1. The van der Waals surface area contributed by atoms with Crippen molar-refractivity contribution in [1.82, 2.24) is 9.97 Å². The summed E-state index contributed by atoms with van der Waals surface area (Å²) in [5.41, 5.74) is 0.781. The molecular formula is C22H23BrN4O5S. The molecule has 0 fully saturated rings. The Hall–Kier alpha value is -3.18. The first-order valence-corrected chi connectivity index (χ1v) is 12.2. The van der Waals surface area contributed by atoms with Gasteiger partial charge < -0.3 is 14.8 Å². The van der Waals surface area contributed by atoms with Gasteiger partial charge in [0.1, 0.15) is 5.75 Å². The molecule has 0 aliphatic carbocycles. The first-order chi connectivity index (χ1) is 15.7. The molecule has 0 aliphatic heterocycles. The van der Waals surface area contributed by atoms with Gasteiger partial charge >= 0.3 is 0 Å². The number of anilines is 2. The minimum absolute atomic E-state index is 0.0170. The van der Waals surface area contributed by atoms with Crippen LogP contribution in [-0.4, -0.2) is 38.0 Å². The normalized spacial score (nSPS) is 11.2. The average Bonchev–Trinajstić information content (AvgIpc) is 2.78. The van der Waals surface area contributed by atoms with Crippen LogP contribution >= 0.6 is 15.9 Å². The number of aromatic nitrogens is 2. The number of carbonyl (C=O) groups is 1. The lowest BCUT2D eigenvalue weighted by Crippen LogP contribution is -2.16. The highest BCUT2D eigenvalue weighted by molar-refractivity contribution is 9.10. The van der Waals surface area contributed by atoms with E-state index in [1.165, 1.54) is 43.8 Å². The molecule has 0 bridgehead atoms. The molecule has 0 unspecified atom stereocenters. The van der Waals surface area contributed by atoms with Gasteiger partial charge in [0, 0.05) is 22.6 Å². The zero-order valence-electron chi connectivity index (χ0n) is 18.2. The van der Waals surface area contributed by atoms with Crippen LogP contribution in [0.3, 0.4) is 0 Å². The maximum Gasteiger partial charge on any atom is 0.263 e. The molecule has 2 N–H and O–H groups in total. The number of halogens is 1. The molecule has 11 heteroatoms. The summed E-state index contributed by atoms with van der Waals surface area (Å²) >= 11 is 3.37. The summed E-state index contributed by atoms with van der Waals surface area (Å²) < 4.78 is 39.2. The van der Waals surface area contributed by atoms with E-state index in [1.54, 1.807) is 18.2 Å². The van der Waals surface area contributed by atoms with Crippen molar-refractivity contribution < 1.29 is 22.7 Å². The molecule has 0 spiro atoms. The molecule has 174 valence electrons. The molecule has 0 radical (unpaired) electrons. The lowest BCUT2D eigenvalue weighted by molar-refractivity contribution is 0.102. The fourth-order valence-corrected chi connectivity index (χ4v) is 4.08. The molecule has 0 saturated carbocycles. The second kappa shape index (κ2) is 10.6.